The molecule has 0 heterocycles. The summed E-state index contributed by atoms with van der Waals surface area (Å²) in [6, 6.07) is 17.7. The zero-order valence-electron chi connectivity index (χ0n) is 11.3. The summed E-state index contributed by atoms with van der Waals surface area (Å²) in [5, 5.41) is 0. The van der Waals surface area contributed by atoms with Crippen LogP contribution in [0.4, 0.5) is 0 Å². The van der Waals surface area contributed by atoms with E-state index in [1.807, 2.05) is 54.6 Å². The minimum Gasteiger partial charge on any atom is -0.324 e. The van der Waals surface area contributed by atoms with Crippen LogP contribution in [0.25, 0.3) is 0 Å². The first-order chi connectivity index (χ1) is 9.65. The third-order valence-electron chi connectivity index (χ3n) is 3.28. The molecular weight excluding hydrogens is 314 g/mol. The molecule has 0 aromatic heterocycles. The number of carbonyl (C=O) groups is 1. The molecule has 104 valence electrons. The lowest BCUT2D eigenvalue weighted by Crippen LogP contribution is -2.13. The van der Waals surface area contributed by atoms with E-state index in [1.54, 1.807) is 0 Å². The normalized spacial score (nSPS) is 12.1. The van der Waals surface area contributed by atoms with Crippen molar-refractivity contribution in [3.63, 3.8) is 0 Å². The van der Waals surface area contributed by atoms with Crippen molar-refractivity contribution in [3.05, 3.63) is 70.2 Å². The van der Waals surface area contributed by atoms with Crippen LogP contribution in [-0.2, 0) is 11.2 Å². The molecule has 2 aromatic carbocycles. The third kappa shape index (κ3) is 4.58. The Labute approximate surface area is 128 Å². The Morgan fingerprint density at radius 1 is 1.05 bits per heavy atom. The molecule has 0 saturated heterocycles. The Morgan fingerprint density at radius 2 is 1.70 bits per heavy atom. The molecule has 0 saturated carbocycles. The van der Waals surface area contributed by atoms with Crippen molar-refractivity contribution in [3.8, 4) is 0 Å². The van der Waals surface area contributed by atoms with Gasteiger partial charge in [-0.1, -0.05) is 58.4 Å². The highest BCUT2D eigenvalue weighted by molar-refractivity contribution is 9.10. The Kier molecular flexibility index (Phi) is 5.50. The van der Waals surface area contributed by atoms with E-state index in [1.165, 1.54) is 0 Å². The first-order valence-electron chi connectivity index (χ1n) is 6.72. The van der Waals surface area contributed by atoms with Crippen LogP contribution in [0.15, 0.2) is 59.1 Å². The van der Waals surface area contributed by atoms with Crippen LogP contribution in [0.1, 0.15) is 30.0 Å². The maximum absolute atomic E-state index is 12.0. The number of rotatable bonds is 6. The number of hydrogen-bond acceptors (Lipinski definition) is 2. The first kappa shape index (κ1) is 14.9. The van der Waals surface area contributed by atoms with Gasteiger partial charge in [-0.3, -0.25) is 4.79 Å². The number of Topliss-reactive ketones (excluding diaryl/α,β-unsaturated/α-hetero) is 1. The van der Waals surface area contributed by atoms with Gasteiger partial charge in [0.15, 0.2) is 0 Å². The fourth-order valence-corrected chi connectivity index (χ4v) is 2.37. The Morgan fingerprint density at radius 3 is 2.35 bits per heavy atom. The van der Waals surface area contributed by atoms with Gasteiger partial charge in [0.2, 0.25) is 0 Å². The Balaban J connectivity index is 1.82. The summed E-state index contributed by atoms with van der Waals surface area (Å²) >= 11 is 3.39. The minimum absolute atomic E-state index is 0.0648. The van der Waals surface area contributed by atoms with Gasteiger partial charge in [-0.25, -0.2) is 0 Å². The van der Waals surface area contributed by atoms with Gasteiger partial charge in [0.25, 0.3) is 0 Å². The van der Waals surface area contributed by atoms with Crippen molar-refractivity contribution in [2.24, 2.45) is 5.73 Å². The lowest BCUT2D eigenvalue weighted by atomic mass is 9.99. The highest BCUT2D eigenvalue weighted by atomic mass is 79.9. The summed E-state index contributed by atoms with van der Waals surface area (Å²) in [4.78, 5) is 12.0. The van der Waals surface area contributed by atoms with E-state index in [0.717, 1.165) is 15.6 Å². The molecule has 0 aliphatic rings. The summed E-state index contributed by atoms with van der Waals surface area (Å²) in [5.74, 6) is 0.235. The summed E-state index contributed by atoms with van der Waals surface area (Å²) in [6.45, 7) is 0. The number of nitrogens with two attached hydrogens (primary N) is 1. The first-order valence-corrected chi connectivity index (χ1v) is 7.51. The molecule has 2 nitrogen and oxygen atoms in total. The zero-order valence-corrected chi connectivity index (χ0v) is 12.8. The molecule has 20 heavy (non-hydrogen) atoms. The van der Waals surface area contributed by atoms with Gasteiger partial charge in [-0.15, -0.1) is 0 Å². The van der Waals surface area contributed by atoms with Crippen molar-refractivity contribution in [1.82, 2.24) is 0 Å². The fourth-order valence-electron chi connectivity index (χ4n) is 2.10. The molecule has 0 amide bonds. The van der Waals surface area contributed by atoms with Crippen molar-refractivity contribution >= 4 is 21.7 Å². The number of carbonyl (C=O) groups excluding carboxylic acids is 1. The van der Waals surface area contributed by atoms with Crippen LogP contribution in [0.5, 0.6) is 0 Å². The molecule has 3 heteroatoms. The molecule has 0 bridgehead atoms. The Hall–Kier alpha value is -1.45. The lowest BCUT2D eigenvalue weighted by molar-refractivity contribution is -0.118. The molecule has 2 N–H and O–H groups in total. The van der Waals surface area contributed by atoms with E-state index in [9.17, 15) is 4.79 Å². The van der Waals surface area contributed by atoms with Crippen molar-refractivity contribution < 1.29 is 4.79 Å². The molecule has 0 radical (unpaired) electrons. The second-order valence-corrected chi connectivity index (χ2v) is 5.81. The summed E-state index contributed by atoms with van der Waals surface area (Å²) in [5.41, 5.74) is 8.23. The maximum atomic E-state index is 12.0. The van der Waals surface area contributed by atoms with E-state index in [4.69, 9.17) is 5.73 Å². The minimum atomic E-state index is -0.0648. The number of ketones is 1. The van der Waals surface area contributed by atoms with Gasteiger partial charge >= 0.3 is 0 Å². The standard InChI is InChI=1S/C17H18BrNO/c18-15-8-6-13(7-9-15)12-16(20)10-11-17(19)14-4-2-1-3-5-14/h1-9,17H,10-12,19H2. The van der Waals surface area contributed by atoms with E-state index in [2.05, 4.69) is 15.9 Å². The number of benzene rings is 2. The average molecular weight is 332 g/mol. The topological polar surface area (TPSA) is 43.1 Å². The van der Waals surface area contributed by atoms with E-state index in [-0.39, 0.29) is 11.8 Å². The second kappa shape index (κ2) is 7.36. The van der Waals surface area contributed by atoms with Crippen molar-refractivity contribution in [2.45, 2.75) is 25.3 Å². The second-order valence-electron chi connectivity index (χ2n) is 4.90. The zero-order chi connectivity index (χ0) is 14.4. The monoisotopic (exact) mass is 331 g/mol. The van der Waals surface area contributed by atoms with E-state index >= 15 is 0 Å². The maximum Gasteiger partial charge on any atom is 0.137 e. The smallest absolute Gasteiger partial charge is 0.137 e. The summed E-state index contributed by atoms with van der Waals surface area (Å²) < 4.78 is 1.03. The average Bonchev–Trinajstić information content (AvgIpc) is 2.48. The molecule has 2 aromatic rings. The summed E-state index contributed by atoms with van der Waals surface area (Å²) in [6.07, 6.45) is 1.69. The van der Waals surface area contributed by atoms with Gasteiger partial charge in [-0.05, 0) is 29.7 Å². The largest absolute Gasteiger partial charge is 0.324 e. The van der Waals surface area contributed by atoms with Gasteiger partial charge in [0, 0.05) is 23.4 Å². The van der Waals surface area contributed by atoms with Crippen LogP contribution >= 0.6 is 15.9 Å². The fraction of sp³-hybridized carbons (Fsp3) is 0.235. The van der Waals surface area contributed by atoms with Gasteiger partial charge in [-0.2, -0.15) is 0 Å². The molecule has 1 unspecified atom stereocenters. The van der Waals surface area contributed by atoms with Crippen LogP contribution in [0, 0.1) is 0 Å². The molecule has 0 aliphatic heterocycles. The molecule has 2 rings (SSSR count). The van der Waals surface area contributed by atoms with Crippen molar-refractivity contribution in [1.29, 1.82) is 0 Å². The third-order valence-corrected chi connectivity index (χ3v) is 3.81. The van der Waals surface area contributed by atoms with Crippen LogP contribution < -0.4 is 5.73 Å². The quantitative estimate of drug-likeness (QED) is 0.867. The van der Waals surface area contributed by atoms with Gasteiger partial charge < -0.3 is 5.73 Å². The van der Waals surface area contributed by atoms with Gasteiger partial charge in [0.05, 0.1) is 0 Å². The van der Waals surface area contributed by atoms with E-state index in [0.29, 0.717) is 19.3 Å². The van der Waals surface area contributed by atoms with Crippen molar-refractivity contribution in [2.75, 3.05) is 0 Å². The lowest BCUT2D eigenvalue weighted by Gasteiger charge is -2.11. The molecule has 0 spiro atoms. The highest BCUT2D eigenvalue weighted by Gasteiger charge is 2.09. The SMILES string of the molecule is NC(CCC(=O)Cc1ccc(Br)cc1)c1ccccc1. The molecular formula is C17H18BrNO. The Bertz CT molecular complexity index is 551. The number of hydrogen-bond donors (Lipinski definition) is 1. The number of halogens is 1. The van der Waals surface area contributed by atoms with Gasteiger partial charge in [0.1, 0.15) is 5.78 Å². The molecule has 1 atom stereocenters. The van der Waals surface area contributed by atoms with Crippen LogP contribution in [0.2, 0.25) is 0 Å². The van der Waals surface area contributed by atoms with Crippen LogP contribution in [0.3, 0.4) is 0 Å². The summed E-state index contributed by atoms with van der Waals surface area (Å²) in [7, 11) is 0. The highest BCUT2D eigenvalue weighted by Crippen LogP contribution is 2.17. The van der Waals surface area contributed by atoms with Crippen LogP contribution in [-0.4, -0.2) is 5.78 Å². The molecule has 0 aliphatic carbocycles. The molecule has 0 fully saturated rings. The predicted octanol–water partition coefficient (Wildman–Crippen LogP) is 4.04. The predicted molar refractivity (Wildman–Crippen MR) is 85.5 cm³/mol. The van der Waals surface area contributed by atoms with E-state index < -0.39 is 0 Å².